The Bertz CT molecular complexity index is 1130. The van der Waals surface area contributed by atoms with E-state index in [2.05, 4.69) is 10.3 Å². The second-order valence-electron chi connectivity index (χ2n) is 6.51. The smallest absolute Gasteiger partial charge is 0.325 e. The first-order valence-corrected chi connectivity index (χ1v) is 8.05. The number of carbonyl (C=O) groups is 1. The summed E-state index contributed by atoms with van der Waals surface area (Å²) in [5.41, 5.74) is -1.76. The molecule has 28 heavy (non-hydrogen) atoms. The van der Waals surface area contributed by atoms with Gasteiger partial charge in [0.05, 0.1) is 12.0 Å². The van der Waals surface area contributed by atoms with Gasteiger partial charge >= 0.3 is 12.4 Å². The molecule has 3 heterocycles. The van der Waals surface area contributed by atoms with Crippen LogP contribution in [0.5, 0.6) is 0 Å². The highest BCUT2D eigenvalue weighted by atomic mass is 19.4. The van der Waals surface area contributed by atoms with E-state index in [1.54, 1.807) is 6.92 Å². The third kappa shape index (κ3) is 2.88. The number of halogens is 6. The van der Waals surface area contributed by atoms with Crippen LogP contribution in [0.25, 0.3) is 16.8 Å². The van der Waals surface area contributed by atoms with E-state index in [1.807, 2.05) is 0 Å². The van der Waals surface area contributed by atoms with E-state index in [9.17, 15) is 31.1 Å². The second kappa shape index (κ2) is 5.73. The van der Waals surface area contributed by atoms with Gasteiger partial charge < -0.3 is 9.72 Å². The fourth-order valence-corrected chi connectivity index (χ4v) is 3.39. The molecule has 0 saturated carbocycles. The number of alkyl halides is 6. The van der Waals surface area contributed by atoms with Gasteiger partial charge in [-0.2, -0.15) is 26.3 Å². The zero-order valence-electron chi connectivity index (χ0n) is 14.2. The van der Waals surface area contributed by atoms with E-state index in [0.29, 0.717) is 23.0 Å². The van der Waals surface area contributed by atoms with Gasteiger partial charge in [0.2, 0.25) is 5.91 Å². The number of nitrogens with one attached hydrogen (secondary N) is 1. The number of carbonyl (C=O) groups excluding carboxylic acids is 1. The molecule has 4 nitrogen and oxygen atoms in total. The highest BCUT2D eigenvalue weighted by Crippen LogP contribution is 2.42. The number of aryl methyl sites for hydroxylation is 1. The van der Waals surface area contributed by atoms with Crippen LogP contribution in [0, 0.1) is 6.92 Å². The second-order valence-corrected chi connectivity index (χ2v) is 6.51. The van der Waals surface area contributed by atoms with Gasteiger partial charge in [0.15, 0.2) is 5.69 Å². The molecule has 0 radical (unpaired) electrons. The summed E-state index contributed by atoms with van der Waals surface area (Å²) in [6, 6.07) is 3.50. The first-order chi connectivity index (χ1) is 12.9. The van der Waals surface area contributed by atoms with Crippen LogP contribution in [0.3, 0.4) is 0 Å². The third-order valence-electron chi connectivity index (χ3n) is 4.54. The van der Waals surface area contributed by atoms with Crippen molar-refractivity contribution in [2.45, 2.75) is 25.7 Å². The van der Waals surface area contributed by atoms with Crippen LogP contribution in [0.4, 0.5) is 32.0 Å². The predicted molar refractivity (Wildman–Crippen MR) is 87.7 cm³/mol. The lowest BCUT2D eigenvalue weighted by atomic mass is 9.95. The van der Waals surface area contributed by atoms with E-state index in [1.165, 1.54) is 12.1 Å². The van der Waals surface area contributed by atoms with E-state index in [4.69, 9.17) is 0 Å². The molecule has 146 valence electrons. The molecule has 0 aliphatic carbocycles. The zero-order valence-corrected chi connectivity index (χ0v) is 14.2. The van der Waals surface area contributed by atoms with Gasteiger partial charge in [-0.05, 0) is 41.8 Å². The van der Waals surface area contributed by atoms with Crippen LogP contribution in [0.1, 0.15) is 22.4 Å². The van der Waals surface area contributed by atoms with E-state index < -0.39 is 34.8 Å². The largest absolute Gasteiger partial charge is 0.434 e. The fourth-order valence-electron chi connectivity index (χ4n) is 3.39. The number of rotatable bonds is 1. The van der Waals surface area contributed by atoms with Crippen molar-refractivity contribution in [3.05, 3.63) is 53.0 Å². The number of fused-ring (bicyclic) bond motifs is 2. The number of nitrogens with zero attached hydrogens (tertiary/aromatic N) is 2. The average Bonchev–Trinajstić information content (AvgIpc) is 3.15. The van der Waals surface area contributed by atoms with Gasteiger partial charge in [-0.25, -0.2) is 4.98 Å². The molecule has 0 fully saturated rings. The van der Waals surface area contributed by atoms with Crippen molar-refractivity contribution >= 4 is 17.2 Å². The molecule has 0 atom stereocenters. The maximum Gasteiger partial charge on any atom is 0.434 e. The Kier molecular flexibility index (Phi) is 3.75. The lowest BCUT2D eigenvalue weighted by molar-refractivity contribution is -0.140. The van der Waals surface area contributed by atoms with Gasteiger partial charge in [0.25, 0.3) is 0 Å². The number of imidazole rings is 1. The standard InChI is InChI=1S/C18H11F6N3O/c1-8-4-9(5-10-6-13(28)26-15(8)10)14-11(17(19,20)21)2-3-27-7-12(18(22,23)24)25-16(14)27/h2-5,7H,6H2,1H3,(H,26,28). The molecule has 1 N–H and O–H groups in total. The number of amides is 1. The molecular weight excluding hydrogens is 388 g/mol. The van der Waals surface area contributed by atoms with Gasteiger partial charge in [-0.1, -0.05) is 0 Å². The van der Waals surface area contributed by atoms with Crippen LogP contribution >= 0.6 is 0 Å². The summed E-state index contributed by atoms with van der Waals surface area (Å²) in [6.07, 6.45) is -8.08. The maximum absolute atomic E-state index is 13.6. The van der Waals surface area contributed by atoms with E-state index >= 15 is 0 Å². The highest BCUT2D eigenvalue weighted by Gasteiger charge is 2.38. The molecule has 1 aromatic carbocycles. The number of pyridine rings is 1. The predicted octanol–water partition coefficient (Wildman–Crippen LogP) is 4.84. The summed E-state index contributed by atoms with van der Waals surface area (Å²) in [5, 5.41) is 2.62. The van der Waals surface area contributed by atoms with E-state index in [0.717, 1.165) is 16.7 Å². The van der Waals surface area contributed by atoms with Crippen molar-refractivity contribution in [1.82, 2.24) is 9.38 Å². The molecule has 10 heteroatoms. The Balaban J connectivity index is 2.04. The molecule has 2 aromatic heterocycles. The minimum Gasteiger partial charge on any atom is -0.325 e. The van der Waals surface area contributed by atoms with Gasteiger partial charge in [-0.3, -0.25) is 4.79 Å². The van der Waals surface area contributed by atoms with Crippen molar-refractivity contribution in [1.29, 1.82) is 0 Å². The molecular formula is C18H11F6N3O. The minimum absolute atomic E-state index is 0.0171. The SMILES string of the molecule is Cc1cc(-c2c(C(F)(F)F)ccn3cc(C(F)(F)F)nc23)cc2c1NC(=O)C2. The Morgan fingerprint density at radius 3 is 2.46 bits per heavy atom. The number of anilines is 1. The lowest BCUT2D eigenvalue weighted by Gasteiger charge is -2.16. The minimum atomic E-state index is -4.80. The lowest BCUT2D eigenvalue weighted by Crippen LogP contribution is -2.09. The molecule has 1 amide bonds. The van der Waals surface area contributed by atoms with Crippen molar-refractivity contribution in [2.75, 3.05) is 5.32 Å². The first-order valence-electron chi connectivity index (χ1n) is 8.05. The van der Waals surface area contributed by atoms with Crippen LogP contribution in [-0.2, 0) is 23.6 Å². The van der Waals surface area contributed by atoms with Crippen molar-refractivity contribution in [3.8, 4) is 11.1 Å². The Labute approximate surface area is 153 Å². The third-order valence-corrected chi connectivity index (χ3v) is 4.54. The van der Waals surface area contributed by atoms with Crippen LogP contribution in [-0.4, -0.2) is 15.3 Å². The van der Waals surface area contributed by atoms with Crippen molar-refractivity contribution in [2.24, 2.45) is 0 Å². The molecule has 0 saturated heterocycles. The number of aromatic nitrogens is 2. The molecule has 1 aliphatic rings. The molecule has 0 spiro atoms. The van der Waals surface area contributed by atoms with Crippen LogP contribution < -0.4 is 5.32 Å². The summed E-state index contributed by atoms with van der Waals surface area (Å²) in [4.78, 5) is 15.0. The zero-order chi connectivity index (χ0) is 20.4. The Morgan fingerprint density at radius 2 is 1.82 bits per heavy atom. The number of hydrogen-bond donors (Lipinski definition) is 1. The molecule has 0 bridgehead atoms. The normalized spacial score (nSPS) is 14.5. The number of benzene rings is 1. The summed E-state index contributed by atoms with van der Waals surface area (Å²) in [5.74, 6) is -0.301. The monoisotopic (exact) mass is 399 g/mol. The summed E-state index contributed by atoms with van der Waals surface area (Å²) in [6.45, 7) is 1.61. The topological polar surface area (TPSA) is 46.4 Å². The number of hydrogen-bond acceptors (Lipinski definition) is 2. The van der Waals surface area contributed by atoms with Crippen LogP contribution in [0.15, 0.2) is 30.6 Å². The Morgan fingerprint density at radius 1 is 1.11 bits per heavy atom. The molecule has 3 aromatic rings. The highest BCUT2D eigenvalue weighted by molar-refractivity contribution is 6.01. The maximum atomic E-state index is 13.6. The van der Waals surface area contributed by atoms with Crippen molar-refractivity contribution in [3.63, 3.8) is 0 Å². The quantitative estimate of drug-likeness (QED) is 0.595. The Hall–Kier alpha value is -3.04. The van der Waals surface area contributed by atoms with Gasteiger partial charge in [-0.15, -0.1) is 0 Å². The van der Waals surface area contributed by atoms with Gasteiger partial charge in [0.1, 0.15) is 5.65 Å². The first kappa shape index (κ1) is 18.3. The van der Waals surface area contributed by atoms with Crippen molar-refractivity contribution < 1.29 is 31.1 Å². The summed E-state index contributed by atoms with van der Waals surface area (Å²) in [7, 11) is 0. The average molecular weight is 399 g/mol. The molecule has 0 unspecified atom stereocenters. The molecule has 4 rings (SSSR count). The van der Waals surface area contributed by atoms with Crippen LogP contribution in [0.2, 0.25) is 0 Å². The summed E-state index contributed by atoms with van der Waals surface area (Å²) < 4.78 is 80.9. The van der Waals surface area contributed by atoms with Gasteiger partial charge in [0, 0.05) is 23.6 Å². The fraction of sp³-hybridized carbons (Fsp3) is 0.222. The molecule has 1 aliphatic heterocycles. The van der Waals surface area contributed by atoms with E-state index in [-0.39, 0.29) is 17.9 Å². The summed E-state index contributed by atoms with van der Waals surface area (Å²) >= 11 is 0.